The van der Waals surface area contributed by atoms with E-state index in [0.717, 1.165) is 30.7 Å². The first-order valence-electron chi connectivity index (χ1n) is 7.86. The fourth-order valence-corrected chi connectivity index (χ4v) is 3.17. The zero-order valence-corrected chi connectivity index (χ0v) is 13.7. The van der Waals surface area contributed by atoms with E-state index in [0.29, 0.717) is 0 Å². The van der Waals surface area contributed by atoms with E-state index in [-0.39, 0.29) is 5.54 Å². The van der Waals surface area contributed by atoms with Gasteiger partial charge in [0.05, 0.1) is 12.8 Å². The molecule has 1 aromatic heterocycles. The number of hydrogen-bond donors (Lipinski definition) is 1. The quantitative estimate of drug-likeness (QED) is 0.911. The minimum Gasteiger partial charge on any atom is -0.468 e. The van der Waals surface area contributed by atoms with Gasteiger partial charge in [0.2, 0.25) is 0 Å². The van der Waals surface area contributed by atoms with Gasteiger partial charge in [-0.25, -0.2) is 0 Å². The van der Waals surface area contributed by atoms with Crippen molar-refractivity contribution in [3.05, 3.63) is 23.7 Å². The van der Waals surface area contributed by atoms with E-state index in [1.54, 1.807) is 0 Å². The zero-order valence-electron chi connectivity index (χ0n) is 13.7. The van der Waals surface area contributed by atoms with Gasteiger partial charge in [0, 0.05) is 30.7 Å². The second-order valence-electron chi connectivity index (χ2n) is 7.61. The van der Waals surface area contributed by atoms with Crippen molar-refractivity contribution in [2.24, 2.45) is 11.8 Å². The summed E-state index contributed by atoms with van der Waals surface area (Å²) in [4.78, 5) is 2.57. The Morgan fingerprint density at radius 1 is 1.25 bits per heavy atom. The normalized spacial score (nSPS) is 25.1. The van der Waals surface area contributed by atoms with Crippen LogP contribution in [-0.2, 0) is 13.1 Å². The molecule has 2 rings (SSSR count). The Bertz CT molecular complexity index is 409. The van der Waals surface area contributed by atoms with Gasteiger partial charge >= 0.3 is 0 Å². The summed E-state index contributed by atoms with van der Waals surface area (Å²) >= 11 is 0. The van der Waals surface area contributed by atoms with Crippen LogP contribution in [0, 0.1) is 11.8 Å². The third kappa shape index (κ3) is 4.64. The fraction of sp³-hybridized carbons (Fsp3) is 0.765. The van der Waals surface area contributed by atoms with Gasteiger partial charge in [-0.05, 0) is 45.1 Å². The van der Waals surface area contributed by atoms with Crippen LogP contribution in [0.25, 0.3) is 0 Å². The Kier molecular flexibility index (Phi) is 4.92. The van der Waals surface area contributed by atoms with Crippen molar-refractivity contribution >= 4 is 0 Å². The molecule has 0 spiro atoms. The molecule has 1 N–H and O–H groups in total. The molecule has 3 heteroatoms. The molecule has 1 fully saturated rings. The molecule has 1 aromatic rings. The molecule has 114 valence electrons. The average Bonchev–Trinajstić information content (AvgIpc) is 2.71. The number of rotatable bonds is 4. The first-order chi connectivity index (χ1) is 9.33. The first kappa shape index (κ1) is 15.6. The van der Waals surface area contributed by atoms with E-state index in [9.17, 15) is 0 Å². The summed E-state index contributed by atoms with van der Waals surface area (Å²) in [6.45, 7) is 15.5. The van der Waals surface area contributed by atoms with Crippen molar-refractivity contribution in [2.75, 3.05) is 13.1 Å². The maximum Gasteiger partial charge on any atom is 0.122 e. The predicted octanol–water partition coefficient (Wildman–Crippen LogP) is 3.65. The van der Waals surface area contributed by atoms with Gasteiger partial charge in [0.15, 0.2) is 0 Å². The molecule has 0 aliphatic carbocycles. The van der Waals surface area contributed by atoms with Crippen molar-refractivity contribution in [1.29, 1.82) is 0 Å². The van der Waals surface area contributed by atoms with Crippen molar-refractivity contribution in [2.45, 2.75) is 59.7 Å². The summed E-state index contributed by atoms with van der Waals surface area (Å²) in [5, 5.41) is 3.51. The van der Waals surface area contributed by atoms with Crippen LogP contribution < -0.4 is 5.32 Å². The summed E-state index contributed by atoms with van der Waals surface area (Å²) in [5.41, 5.74) is 1.46. The Morgan fingerprint density at radius 2 is 1.90 bits per heavy atom. The summed E-state index contributed by atoms with van der Waals surface area (Å²) in [7, 11) is 0. The largest absolute Gasteiger partial charge is 0.468 e. The fourth-order valence-electron chi connectivity index (χ4n) is 3.17. The number of nitrogens with zero attached hydrogens (tertiary/aromatic N) is 1. The summed E-state index contributed by atoms with van der Waals surface area (Å²) < 4.78 is 5.67. The molecule has 1 aliphatic rings. The molecule has 0 amide bonds. The molecule has 1 aliphatic heterocycles. The molecule has 20 heavy (non-hydrogen) atoms. The van der Waals surface area contributed by atoms with Crippen LogP contribution in [0.4, 0.5) is 0 Å². The van der Waals surface area contributed by atoms with E-state index in [2.05, 4.69) is 50.9 Å². The smallest absolute Gasteiger partial charge is 0.122 e. The maximum absolute atomic E-state index is 5.67. The first-order valence-corrected chi connectivity index (χ1v) is 7.86. The minimum atomic E-state index is 0.123. The highest BCUT2D eigenvalue weighted by atomic mass is 16.3. The van der Waals surface area contributed by atoms with E-state index >= 15 is 0 Å². The molecule has 0 saturated carbocycles. The molecule has 2 unspecified atom stereocenters. The number of piperidine rings is 1. The third-order valence-electron chi connectivity index (χ3n) is 3.96. The molecule has 2 heterocycles. The Labute approximate surface area is 123 Å². The third-order valence-corrected chi connectivity index (χ3v) is 3.96. The second-order valence-corrected chi connectivity index (χ2v) is 7.61. The molecule has 0 radical (unpaired) electrons. The number of hydrogen-bond acceptors (Lipinski definition) is 3. The topological polar surface area (TPSA) is 28.4 Å². The monoisotopic (exact) mass is 278 g/mol. The van der Waals surface area contributed by atoms with Crippen molar-refractivity contribution in [3.8, 4) is 0 Å². The zero-order chi connectivity index (χ0) is 14.8. The van der Waals surface area contributed by atoms with Crippen molar-refractivity contribution in [3.63, 3.8) is 0 Å². The highest BCUT2D eigenvalue weighted by Gasteiger charge is 2.23. The van der Waals surface area contributed by atoms with E-state index < -0.39 is 0 Å². The van der Waals surface area contributed by atoms with Gasteiger partial charge in [0.1, 0.15) is 5.76 Å². The summed E-state index contributed by atoms with van der Waals surface area (Å²) in [6.07, 6.45) is 3.19. The molecule has 0 bridgehead atoms. The van der Waals surface area contributed by atoms with Crippen LogP contribution in [0.15, 0.2) is 16.7 Å². The number of likely N-dealkylation sites (tertiary alicyclic amines) is 1. The van der Waals surface area contributed by atoms with Gasteiger partial charge in [-0.1, -0.05) is 13.8 Å². The molecule has 2 atom stereocenters. The van der Waals surface area contributed by atoms with Gasteiger partial charge in [-0.3, -0.25) is 4.90 Å². The van der Waals surface area contributed by atoms with E-state index in [1.165, 1.54) is 25.1 Å². The van der Waals surface area contributed by atoms with Crippen LogP contribution in [-0.4, -0.2) is 23.5 Å². The van der Waals surface area contributed by atoms with Crippen LogP contribution in [0.3, 0.4) is 0 Å². The lowest BCUT2D eigenvalue weighted by Crippen LogP contribution is -2.38. The Balaban J connectivity index is 1.94. The van der Waals surface area contributed by atoms with Gasteiger partial charge in [0.25, 0.3) is 0 Å². The summed E-state index contributed by atoms with van der Waals surface area (Å²) in [5.74, 6) is 2.70. The minimum absolute atomic E-state index is 0.123. The lowest BCUT2D eigenvalue weighted by atomic mass is 9.91. The highest BCUT2D eigenvalue weighted by molar-refractivity contribution is 5.17. The van der Waals surface area contributed by atoms with Crippen molar-refractivity contribution in [1.82, 2.24) is 10.2 Å². The Morgan fingerprint density at radius 3 is 2.50 bits per heavy atom. The van der Waals surface area contributed by atoms with E-state index in [4.69, 9.17) is 4.42 Å². The number of nitrogens with one attached hydrogen (secondary N) is 1. The van der Waals surface area contributed by atoms with Gasteiger partial charge < -0.3 is 9.73 Å². The molecule has 3 nitrogen and oxygen atoms in total. The predicted molar refractivity (Wildman–Crippen MR) is 83.5 cm³/mol. The van der Waals surface area contributed by atoms with Gasteiger partial charge in [-0.15, -0.1) is 0 Å². The van der Waals surface area contributed by atoms with Gasteiger partial charge in [-0.2, -0.15) is 0 Å². The number of furan rings is 1. The molecule has 0 aromatic carbocycles. The van der Waals surface area contributed by atoms with Crippen LogP contribution in [0.2, 0.25) is 0 Å². The second kappa shape index (κ2) is 6.31. The van der Waals surface area contributed by atoms with Crippen molar-refractivity contribution < 1.29 is 4.42 Å². The standard InChI is InChI=1S/C17H30N2O/c1-13-8-14(2)11-19(10-13)12-15-6-7-20-16(15)9-18-17(3,4)5/h6-7,13-14,18H,8-12H2,1-5H3. The van der Waals surface area contributed by atoms with E-state index in [1.807, 2.05) is 6.26 Å². The molecule has 1 saturated heterocycles. The summed E-state index contributed by atoms with van der Waals surface area (Å²) in [6, 6.07) is 2.13. The van der Waals surface area contributed by atoms with Crippen LogP contribution in [0.1, 0.15) is 52.4 Å². The van der Waals surface area contributed by atoms with Crippen LogP contribution in [0.5, 0.6) is 0 Å². The average molecular weight is 278 g/mol. The lowest BCUT2D eigenvalue weighted by Gasteiger charge is -2.34. The lowest BCUT2D eigenvalue weighted by molar-refractivity contribution is 0.133. The highest BCUT2D eigenvalue weighted by Crippen LogP contribution is 2.23. The molecular formula is C17H30N2O. The van der Waals surface area contributed by atoms with Crippen LogP contribution >= 0.6 is 0 Å². The Hall–Kier alpha value is -0.800. The maximum atomic E-state index is 5.67. The SMILES string of the molecule is CC1CC(C)CN(Cc2ccoc2CNC(C)(C)C)C1. The molecular weight excluding hydrogens is 248 g/mol.